The van der Waals surface area contributed by atoms with Gasteiger partial charge < -0.3 is 11.1 Å². The number of hydrogen-bond acceptors (Lipinski definition) is 4. The molecule has 1 aromatic carbocycles. The third-order valence-electron chi connectivity index (χ3n) is 2.66. The van der Waals surface area contributed by atoms with E-state index in [0.29, 0.717) is 15.8 Å². The number of nitrogens with zero attached hydrogens (tertiary/aromatic N) is 1. The molecule has 0 spiro atoms. The molecule has 0 saturated heterocycles. The van der Waals surface area contributed by atoms with Crippen molar-refractivity contribution >= 4 is 34.0 Å². The number of amides is 1. The van der Waals surface area contributed by atoms with Gasteiger partial charge in [-0.3, -0.25) is 4.79 Å². The summed E-state index contributed by atoms with van der Waals surface area (Å²) in [5.74, 6) is -0.0762. The summed E-state index contributed by atoms with van der Waals surface area (Å²) < 4.78 is 0. The van der Waals surface area contributed by atoms with Gasteiger partial charge in [0.1, 0.15) is 0 Å². The lowest BCUT2D eigenvalue weighted by Gasteiger charge is -2.14. The Balaban J connectivity index is 1.93. The van der Waals surface area contributed by atoms with Crippen LogP contribution in [0.4, 0.5) is 5.13 Å². The molecule has 1 heterocycles. The van der Waals surface area contributed by atoms with E-state index in [4.69, 9.17) is 17.3 Å². The van der Waals surface area contributed by atoms with Gasteiger partial charge in [-0.05, 0) is 24.6 Å². The molecular formula is C13H14ClN3OS. The van der Waals surface area contributed by atoms with E-state index in [1.165, 1.54) is 11.3 Å². The number of aromatic nitrogens is 1. The number of anilines is 1. The Morgan fingerprint density at radius 1 is 1.47 bits per heavy atom. The molecular weight excluding hydrogens is 282 g/mol. The zero-order valence-electron chi connectivity index (χ0n) is 10.4. The van der Waals surface area contributed by atoms with E-state index in [0.717, 1.165) is 5.56 Å². The van der Waals surface area contributed by atoms with Crippen molar-refractivity contribution in [2.75, 3.05) is 5.73 Å². The minimum Gasteiger partial charge on any atom is -0.375 e. The topological polar surface area (TPSA) is 68.0 Å². The molecule has 0 saturated carbocycles. The molecule has 0 aliphatic rings. The van der Waals surface area contributed by atoms with Crippen molar-refractivity contribution in [3.05, 3.63) is 45.9 Å². The fourth-order valence-corrected chi connectivity index (χ4v) is 2.38. The van der Waals surface area contributed by atoms with Crippen LogP contribution >= 0.6 is 22.9 Å². The van der Waals surface area contributed by atoms with E-state index < -0.39 is 0 Å². The zero-order valence-corrected chi connectivity index (χ0v) is 12.0. The Morgan fingerprint density at radius 2 is 2.16 bits per heavy atom. The summed E-state index contributed by atoms with van der Waals surface area (Å²) in [6.45, 7) is 1.93. The maximum absolute atomic E-state index is 11.9. The number of nitrogens with one attached hydrogen (secondary N) is 1. The van der Waals surface area contributed by atoms with Crippen LogP contribution in [0, 0.1) is 0 Å². The predicted molar refractivity (Wildman–Crippen MR) is 78.2 cm³/mol. The van der Waals surface area contributed by atoms with Gasteiger partial charge in [0.05, 0.1) is 18.2 Å². The van der Waals surface area contributed by atoms with Crippen LogP contribution in [-0.2, 0) is 11.2 Å². The van der Waals surface area contributed by atoms with Gasteiger partial charge in [0.15, 0.2) is 5.13 Å². The minimum absolute atomic E-state index is 0.0688. The average Bonchev–Trinajstić information content (AvgIpc) is 2.75. The van der Waals surface area contributed by atoms with Crippen molar-refractivity contribution in [2.45, 2.75) is 19.4 Å². The maximum Gasteiger partial charge on any atom is 0.226 e. The zero-order chi connectivity index (χ0) is 13.8. The molecule has 2 rings (SSSR count). The summed E-state index contributed by atoms with van der Waals surface area (Å²) in [6.07, 6.45) is 0.242. The second-order valence-electron chi connectivity index (χ2n) is 4.19. The number of nitrogen functional groups attached to an aromatic ring is 1. The maximum atomic E-state index is 11.9. The van der Waals surface area contributed by atoms with Gasteiger partial charge in [-0.15, -0.1) is 11.3 Å². The predicted octanol–water partition coefficient (Wildman–Crippen LogP) is 2.80. The fourth-order valence-electron chi connectivity index (χ4n) is 1.70. The summed E-state index contributed by atoms with van der Waals surface area (Å²) in [5, 5.41) is 5.87. The van der Waals surface area contributed by atoms with Gasteiger partial charge in [0.2, 0.25) is 5.91 Å². The number of carbonyl (C=O) groups excluding carboxylic acids is 1. The molecule has 0 fully saturated rings. The van der Waals surface area contributed by atoms with Crippen molar-refractivity contribution in [3.63, 3.8) is 0 Å². The van der Waals surface area contributed by atoms with Gasteiger partial charge in [0.25, 0.3) is 0 Å². The van der Waals surface area contributed by atoms with Crippen LogP contribution in [0.2, 0.25) is 5.02 Å². The number of thiazole rings is 1. The average molecular weight is 296 g/mol. The van der Waals surface area contributed by atoms with Crippen LogP contribution in [0.25, 0.3) is 0 Å². The molecule has 0 radical (unpaired) electrons. The first-order chi connectivity index (χ1) is 9.04. The SMILES string of the molecule is C[C@H](NC(=O)Cc1csc(N)n1)c1ccc(Cl)cc1. The van der Waals surface area contributed by atoms with Crippen molar-refractivity contribution in [1.29, 1.82) is 0 Å². The number of nitrogens with two attached hydrogens (primary N) is 1. The minimum atomic E-state index is -0.0762. The molecule has 0 unspecified atom stereocenters. The van der Waals surface area contributed by atoms with Crippen LogP contribution in [0.15, 0.2) is 29.6 Å². The van der Waals surface area contributed by atoms with Crippen molar-refractivity contribution in [3.8, 4) is 0 Å². The summed E-state index contributed by atoms with van der Waals surface area (Å²) in [4.78, 5) is 15.9. The van der Waals surface area contributed by atoms with Gasteiger partial charge in [-0.2, -0.15) is 0 Å². The molecule has 0 aliphatic heterocycles. The molecule has 2 aromatic rings. The standard InChI is InChI=1S/C13H14ClN3OS/c1-8(9-2-4-10(14)5-3-9)16-12(18)6-11-7-19-13(15)17-11/h2-5,7-8H,6H2,1H3,(H2,15,17)(H,16,18)/t8-/m0/s1. The second kappa shape index (κ2) is 6.04. The number of carbonyl (C=O) groups is 1. The van der Waals surface area contributed by atoms with Gasteiger partial charge in [0, 0.05) is 10.4 Å². The summed E-state index contributed by atoms with van der Waals surface area (Å²) in [7, 11) is 0. The third-order valence-corrected chi connectivity index (χ3v) is 3.63. The fraction of sp³-hybridized carbons (Fsp3) is 0.231. The van der Waals surface area contributed by atoms with Crippen LogP contribution < -0.4 is 11.1 Å². The van der Waals surface area contributed by atoms with Crippen LogP contribution in [0.3, 0.4) is 0 Å². The largest absolute Gasteiger partial charge is 0.375 e. The van der Waals surface area contributed by atoms with Gasteiger partial charge in [-0.1, -0.05) is 23.7 Å². The monoisotopic (exact) mass is 295 g/mol. The molecule has 0 bridgehead atoms. The van der Waals surface area contributed by atoms with Crippen LogP contribution in [0.5, 0.6) is 0 Å². The van der Waals surface area contributed by atoms with Crippen molar-refractivity contribution < 1.29 is 4.79 Å². The van der Waals surface area contributed by atoms with E-state index in [2.05, 4.69) is 10.3 Å². The van der Waals surface area contributed by atoms with Crippen molar-refractivity contribution in [1.82, 2.24) is 10.3 Å². The highest BCUT2D eigenvalue weighted by Gasteiger charge is 2.11. The Labute approximate surface area is 120 Å². The molecule has 1 amide bonds. The molecule has 6 heteroatoms. The molecule has 100 valence electrons. The van der Waals surface area contributed by atoms with E-state index in [1.54, 1.807) is 17.5 Å². The molecule has 3 N–H and O–H groups in total. The third kappa shape index (κ3) is 3.94. The Morgan fingerprint density at radius 3 is 2.74 bits per heavy atom. The Kier molecular flexibility index (Phi) is 4.39. The van der Waals surface area contributed by atoms with E-state index in [1.807, 2.05) is 19.1 Å². The van der Waals surface area contributed by atoms with Crippen molar-refractivity contribution in [2.24, 2.45) is 0 Å². The normalized spacial score (nSPS) is 12.1. The highest BCUT2D eigenvalue weighted by atomic mass is 35.5. The number of hydrogen-bond donors (Lipinski definition) is 2. The van der Waals surface area contributed by atoms with Gasteiger partial charge >= 0.3 is 0 Å². The van der Waals surface area contributed by atoms with Gasteiger partial charge in [-0.25, -0.2) is 4.98 Å². The first-order valence-electron chi connectivity index (χ1n) is 5.79. The second-order valence-corrected chi connectivity index (χ2v) is 5.52. The van der Waals surface area contributed by atoms with E-state index in [-0.39, 0.29) is 18.4 Å². The first kappa shape index (κ1) is 13.8. The summed E-state index contributed by atoms with van der Waals surface area (Å²) in [5.41, 5.74) is 7.23. The van der Waals surface area contributed by atoms with Crippen LogP contribution in [0.1, 0.15) is 24.2 Å². The smallest absolute Gasteiger partial charge is 0.226 e. The lowest BCUT2D eigenvalue weighted by atomic mass is 10.1. The van der Waals surface area contributed by atoms with E-state index >= 15 is 0 Å². The molecule has 4 nitrogen and oxygen atoms in total. The molecule has 0 aliphatic carbocycles. The number of halogens is 1. The lowest BCUT2D eigenvalue weighted by molar-refractivity contribution is -0.121. The molecule has 1 atom stereocenters. The molecule has 1 aromatic heterocycles. The molecule has 19 heavy (non-hydrogen) atoms. The highest BCUT2D eigenvalue weighted by molar-refractivity contribution is 7.13. The quantitative estimate of drug-likeness (QED) is 0.911. The van der Waals surface area contributed by atoms with E-state index in [9.17, 15) is 4.79 Å². The number of rotatable bonds is 4. The number of benzene rings is 1. The van der Waals surface area contributed by atoms with Crippen LogP contribution in [-0.4, -0.2) is 10.9 Å². The Bertz CT molecular complexity index is 568. The summed E-state index contributed by atoms with van der Waals surface area (Å²) in [6, 6.07) is 7.34. The lowest BCUT2D eigenvalue weighted by Crippen LogP contribution is -2.28. The Hall–Kier alpha value is -1.59. The highest BCUT2D eigenvalue weighted by Crippen LogP contribution is 2.16. The first-order valence-corrected chi connectivity index (χ1v) is 7.05. The summed E-state index contributed by atoms with van der Waals surface area (Å²) >= 11 is 7.16.